The Morgan fingerprint density at radius 3 is 2.53 bits per heavy atom. The molecule has 2 aromatic carbocycles. The molecule has 0 spiro atoms. The maximum absolute atomic E-state index is 13.9. The Morgan fingerprint density at radius 2 is 1.84 bits per heavy atom. The van der Waals surface area contributed by atoms with Gasteiger partial charge in [0.2, 0.25) is 0 Å². The lowest BCUT2D eigenvalue weighted by Crippen LogP contribution is -2.30. The molecule has 0 amide bonds. The summed E-state index contributed by atoms with van der Waals surface area (Å²) in [4.78, 5) is 0. The van der Waals surface area contributed by atoms with Crippen molar-refractivity contribution in [3.63, 3.8) is 0 Å². The van der Waals surface area contributed by atoms with Gasteiger partial charge in [-0.25, -0.2) is 14.2 Å². The Hall–Kier alpha value is -1.30. The first-order valence-corrected chi connectivity index (χ1v) is 6.49. The third kappa shape index (κ3) is 3.00. The highest BCUT2D eigenvalue weighted by atomic mass is 79.9. The van der Waals surface area contributed by atoms with Gasteiger partial charge in [-0.3, -0.25) is 5.84 Å². The van der Waals surface area contributed by atoms with Crippen molar-refractivity contribution in [1.29, 1.82) is 0 Å². The minimum absolute atomic E-state index is 0.366. The van der Waals surface area contributed by atoms with E-state index < -0.39 is 11.9 Å². The number of hydrogen-bond acceptors (Lipinski definition) is 2. The Labute approximate surface area is 118 Å². The number of nitrogens with one attached hydrogen (secondary N) is 1. The first-order chi connectivity index (χ1) is 9.02. The zero-order valence-electron chi connectivity index (χ0n) is 10.3. The molecule has 2 nitrogen and oxygen atoms in total. The minimum atomic E-state index is -0.604. The summed E-state index contributed by atoms with van der Waals surface area (Å²) in [6.45, 7) is 1.83. The number of hydrogen-bond donors (Lipinski definition) is 2. The second kappa shape index (κ2) is 5.77. The second-order valence-corrected chi connectivity index (χ2v) is 5.18. The summed E-state index contributed by atoms with van der Waals surface area (Å²) >= 11 is 3.29. The van der Waals surface area contributed by atoms with E-state index in [9.17, 15) is 8.78 Å². The first-order valence-electron chi connectivity index (χ1n) is 5.70. The van der Waals surface area contributed by atoms with Gasteiger partial charge in [0.25, 0.3) is 0 Å². The Morgan fingerprint density at radius 1 is 1.11 bits per heavy atom. The van der Waals surface area contributed by atoms with Gasteiger partial charge in [-0.15, -0.1) is 0 Å². The third-order valence-electron chi connectivity index (χ3n) is 2.99. The molecule has 0 aromatic heterocycles. The van der Waals surface area contributed by atoms with Crippen LogP contribution in [-0.4, -0.2) is 0 Å². The normalized spacial score (nSPS) is 12.5. The molecule has 19 heavy (non-hydrogen) atoms. The molecule has 3 N–H and O–H groups in total. The minimum Gasteiger partial charge on any atom is -0.271 e. The van der Waals surface area contributed by atoms with Gasteiger partial charge in [0.1, 0.15) is 11.6 Å². The smallest absolute Gasteiger partial charge is 0.128 e. The van der Waals surface area contributed by atoms with Crippen molar-refractivity contribution < 1.29 is 8.78 Å². The molecule has 0 aliphatic carbocycles. The fourth-order valence-electron chi connectivity index (χ4n) is 2.01. The van der Waals surface area contributed by atoms with Crippen LogP contribution in [0.3, 0.4) is 0 Å². The van der Waals surface area contributed by atoms with E-state index in [2.05, 4.69) is 21.4 Å². The monoisotopic (exact) mass is 326 g/mol. The lowest BCUT2D eigenvalue weighted by atomic mass is 9.95. The van der Waals surface area contributed by atoms with E-state index in [-0.39, 0.29) is 5.82 Å². The summed E-state index contributed by atoms with van der Waals surface area (Å²) in [6, 6.07) is 8.34. The van der Waals surface area contributed by atoms with Gasteiger partial charge in [-0.05, 0) is 48.4 Å². The standard InChI is InChI=1S/C14H13BrF2N2/c1-8-2-4-10(16)7-11(8)14(19-18)12-6-9(15)3-5-13(12)17/h2-7,14,19H,18H2,1H3. The molecule has 0 aliphatic heterocycles. The predicted molar refractivity (Wildman–Crippen MR) is 74.4 cm³/mol. The molecule has 2 rings (SSSR count). The van der Waals surface area contributed by atoms with Gasteiger partial charge >= 0.3 is 0 Å². The van der Waals surface area contributed by atoms with E-state index in [1.54, 1.807) is 18.2 Å². The Kier molecular flexibility index (Phi) is 4.29. The van der Waals surface area contributed by atoms with Gasteiger partial charge < -0.3 is 0 Å². The molecule has 0 saturated heterocycles. The Balaban J connectivity index is 2.55. The number of hydrazine groups is 1. The molecule has 2 aromatic rings. The van der Waals surface area contributed by atoms with Gasteiger partial charge in [0.05, 0.1) is 6.04 Å². The fourth-order valence-corrected chi connectivity index (χ4v) is 2.38. The Bertz CT molecular complexity index is 550. The highest BCUT2D eigenvalue weighted by Gasteiger charge is 2.19. The van der Waals surface area contributed by atoms with Gasteiger partial charge in [-0.2, -0.15) is 0 Å². The van der Waals surface area contributed by atoms with Crippen LogP contribution in [0.1, 0.15) is 22.7 Å². The van der Waals surface area contributed by atoms with E-state index >= 15 is 0 Å². The highest BCUT2D eigenvalue weighted by molar-refractivity contribution is 9.10. The number of aryl methyl sites for hydroxylation is 1. The second-order valence-electron chi connectivity index (χ2n) is 4.27. The van der Waals surface area contributed by atoms with Crippen LogP contribution in [0.15, 0.2) is 40.9 Å². The van der Waals surface area contributed by atoms with Crippen LogP contribution in [0.5, 0.6) is 0 Å². The largest absolute Gasteiger partial charge is 0.271 e. The molecule has 0 radical (unpaired) electrons. The van der Waals surface area contributed by atoms with Crippen molar-refractivity contribution in [2.75, 3.05) is 0 Å². The zero-order valence-corrected chi connectivity index (χ0v) is 11.8. The maximum atomic E-state index is 13.9. The predicted octanol–water partition coefficient (Wildman–Crippen LogP) is 3.59. The van der Waals surface area contributed by atoms with Crippen molar-refractivity contribution in [3.8, 4) is 0 Å². The van der Waals surface area contributed by atoms with Crippen molar-refractivity contribution in [3.05, 3.63) is 69.2 Å². The molecular weight excluding hydrogens is 314 g/mol. The van der Waals surface area contributed by atoms with Gasteiger partial charge in [-0.1, -0.05) is 22.0 Å². The molecule has 1 atom stereocenters. The van der Waals surface area contributed by atoms with E-state index in [1.807, 2.05) is 6.92 Å². The molecule has 100 valence electrons. The maximum Gasteiger partial charge on any atom is 0.128 e. The van der Waals surface area contributed by atoms with Crippen LogP contribution in [0, 0.1) is 18.6 Å². The lowest BCUT2D eigenvalue weighted by Gasteiger charge is -2.20. The molecule has 0 heterocycles. The molecule has 5 heteroatoms. The van der Waals surface area contributed by atoms with Crippen molar-refractivity contribution >= 4 is 15.9 Å². The highest BCUT2D eigenvalue weighted by Crippen LogP contribution is 2.28. The summed E-state index contributed by atoms with van der Waals surface area (Å²) < 4.78 is 28.0. The number of benzene rings is 2. The van der Waals surface area contributed by atoms with Gasteiger partial charge in [0.15, 0.2) is 0 Å². The molecular formula is C14H13BrF2N2. The van der Waals surface area contributed by atoms with E-state index in [0.717, 1.165) is 10.0 Å². The van der Waals surface area contributed by atoms with Crippen molar-refractivity contribution in [2.24, 2.45) is 5.84 Å². The van der Waals surface area contributed by atoms with E-state index in [4.69, 9.17) is 5.84 Å². The topological polar surface area (TPSA) is 38.0 Å². The summed E-state index contributed by atoms with van der Waals surface area (Å²) in [7, 11) is 0. The number of nitrogens with two attached hydrogens (primary N) is 1. The van der Waals surface area contributed by atoms with Crippen LogP contribution in [0.2, 0.25) is 0 Å². The molecule has 1 unspecified atom stereocenters. The van der Waals surface area contributed by atoms with Crippen LogP contribution in [-0.2, 0) is 0 Å². The molecule has 0 aliphatic rings. The summed E-state index contributed by atoms with van der Waals surface area (Å²) in [5.74, 6) is 4.75. The van der Waals surface area contributed by atoms with E-state index in [1.165, 1.54) is 18.2 Å². The summed E-state index contributed by atoms with van der Waals surface area (Å²) in [5.41, 5.74) is 4.36. The van der Waals surface area contributed by atoms with Crippen molar-refractivity contribution in [1.82, 2.24) is 5.43 Å². The third-order valence-corrected chi connectivity index (χ3v) is 3.48. The lowest BCUT2D eigenvalue weighted by molar-refractivity contribution is 0.553. The number of rotatable bonds is 3. The quantitative estimate of drug-likeness (QED) is 0.668. The fraction of sp³-hybridized carbons (Fsp3) is 0.143. The SMILES string of the molecule is Cc1ccc(F)cc1C(NN)c1cc(Br)ccc1F. The summed E-state index contributed by atoms with van der Waals surface area (Å²) in [5, 5.41) is 0. The van der Waals surface area contributed by atoms with Gasteiger partial charge in [0, 0.05) is 10.0 Å². The summed E-state index contributed by atoms with van der Waals surface area (Å²) in [6.07, 6.45) is 0. The molecule has 0 fully saturated rings. The van der Waals surface area contributed by atoms with Crippen LogP contribution in [0.25, 0.3) is 0 Å². The van der Waals surface area contributed by atoms with E-state index in [0.29, 0.717) is 11.1 Å². The molecule has 0 bridgehead atoms. The van der Waals surface area contributed by atoms with Crippen molar-refractivity contribution in [2.45, 2.75) is 13.0 Å². The van der Waals surface area contributed by atoms with Crippen LogP contribution >= 0.6 is 15.9 Å². The molecule has 0 saturated carbocycles. The average molecular weight is 327 g/mol. The first kappa shape index (κ1) is 14.1. The number of halogens is 3. The zero-order chi connectivity index (χ0) is 14.0. The van der Waals surface area contributed by atoms with Crippen LogP contribution in [0.4, 0.5) is 8.78 Å². The average Bonchev–Trinajstić information content (AvgIpc) is 2.38. The van der Waals surface area contributed by atoms with Crippen LogP contribution < -0.4 is 11.3 Å².